The highest BCUT2D eigenvalue weighted by Gasteiger charge is 2.23. The summed E-state index contributed by atoms with van der Waals surface area (Å²) in [5, 5.41) is 29.6. The van der Waals surface area contributed by atoms with Crippen LogP contribution in [0.3, 0.4) is 0 Å². The van der Waals surface area contributed by atoms with E-state index in [0.717, 1.165) is 30.7 Å². The number of hydrogen-bond donors (Lipinski definition) is 1. The highest BCUT2D eigenvalue weighted by Crippen LogP contribution is 2.28. The normalized spacial score (nSPS) is 11.1. The summed E-state index contributed by atoms with van der Waals surface area (Å²) in [7, 11) is 0. The summed E-state index contributed by atoms with van der Waals surface area (Å²) in [4.78, 5) is 15.3. The van der Waals surface area contributed by atoms with Gasteiger partial charge in [0.05, 0.1) is 6.54 Å². The zero-order valence-corrected chi connectivity index (χ0v) is 16.8. The average Bonchev–Trinajstić information content (AvgIpc) is 3.46. The average molecular weight is 428 g/mol. The Kier molecular flexibility index (Phi) is 5.53. The van der Waals surface area contributed by atoms with Crippen LogP contribution < -0.4 is 0 Å². The molecule has 1 N–H and O–H groups in total. The van der Waals surface area contributed by atoms with Crippen LogP contribution in [0.5, 0.6) is 0 Å². The van der Waals surface area contributed by atoms with E-state index in [1.807, 2.05) is 12.1 Å². The molecule has 3 aromatic heterocycles. The second-order valence-corrected chi connectivity index (χ2v) is 6.98. The third-order valence-electron chi connectivity index (χ3n) is 4.64. The SMILES string of the molecule is CCCCc1nc(Cl)nn1Cc1ccc(-n2c(-c3nnn[nH]3)ccc2[N+](=O)[O-])cc1. The number of aromatic amines is 1. The standard InChI is InChI=1S/C18H18ClN9O2/c1-2-3-4-15-20-18(19)23-26(15)11-12-5-7-13(8-6-12)27-14(17-21-24-25-22-17)9-10-16(27)28(29)30/h5-10H,2-4,11H2,1H3,(H,21,22,24,25). The van der Waals surface area contributed by atoms with Crippen LogP contribution >= 0.6 is 11.6 Å². The number of aryl methyl sites for hydroxylation is 1. The van der Waals surface area contributed by atoms with E-state index in [-0.39, 0.29) is 11.1 Å². The minimum Gasteiger partial charge on any atom is -0.358 e. The lowest BCUT2D eigenvalue weighted by Gasteiger charge is -2.08. The topological polar surface area (TPSA) is 133 Å². The third-order valence-corrected chi connectivity index (χ3v) is 4.80. The predicted octanol–water partition coefficient (Wildman–Crippen LogP) is 3.20. The Labute approximate surface area is 175 Å². The van der Waals surface area contributed by atoms with Crippen molar-refractivity contribution in [1.29, 1.82) is 0 Å². The van der Waals surface area contributed by atoms with Crippen molar-refractivity contribution in [2.24, 2.45) is 0 Å². The second kappa shape index (κ2) is 8.41. The fourth-order valence-electron chi connectivity index (χ4n) is 3.21. The molecule has 1 aromatic carbocycles. The van der Waals surface area contributed by atoms with Crippen molar-refractivity contribution in [1.82, 2.24) is 40.0 Å². The van der Waals surface area contributed by atoms with E-state index in [4.69, 9.17) is 11.6 Å². The maximum Gasteiger partial charge on any atom is 0.328 e. The quantitative estimate of drug-likeness (QED) is 0.337. The lowest BCUT2D eigenvalue weighted by atomic mass is 10.2. The van der Waals surface area contributed by atoms with Crippen LogP contribution in [0.25, 0.3) is 17.2 Å². The van der Waals surface area contributed by atoms with Gasteiger partial charge in [0.2, 0.25) is 11.1 Å². The Hall–Kier alpha value is -3.60. The molecule has 11 nitrogen and oxygen atoms in total. The Morgan fingerprint density at radius 1 is 1.20 bits per heavy atom. The Bertz CT molecular complexity index is 1150. The van der Waals surface area contributed by atoms with Crippen molar-refractivity contribution < 1.29 is 4.92 Å². The molecule has 30 heavy (non-hydrogen) atoms. The van der Waals surface area contributed by atoms with Crippen molar-refractivity contribution in [3.05, 3.63) is 63.2 Å². The van der Waals surface area contributed by atoms with E-state index >= 15 is 0 Å². The summed E-state index contributed by atoms with van der Waals surface area (Å²) in [5.74, 6) is 1.09. The van der Waals surface area contributed by atoms with Crippen LogP contribution in [-0.4, -0.2) is 44.9 Å². The Balaban J connectivity index is 1.64. The third kappa shape index (κ3) is 3.92. The summed E-state index contributed by atoms with van der Waals surface area (Å²) < 4.78 is 3.28. The van der Waals surface area contributed by atoms with Gasteiger partial charge in [-0.15, -0.1) is 10.2 Å². The van der Waals surface area contributed by atoms with E-state index < -0.39 is 4.92 Å². The Morgan fingerprint density at radius 3 is 2.67 bits per heavy atom. The molecular formula is C18H18ClN9O2. The summed E-state index contributed by atoms with van der Waals surface area (Å²) in [6, 6.07) is 10.4. The molecule has 0 amide bonds. The van der Waals surface area contributed by atoms with Crippen molar-refractivity contribution in [2.75, 3.05) is 0 Å². The van der Waals surface area contributed by atoms with E-state index in [0.29, 0.717) is 23.8 Å². The lowest BCUT2D eigenvalue weighted by Crippen LogP contribution is -2.08. The van der Waals surface area contributed by atoms with Gasteiger partial charge in [-0.2, -0.15) is 4.57 Å². The lowest BCUT2D eigenvalue weighted by molar-refractivity contribution is -0.390. The van der Waals surface area contributed by atoms with E-state index in [9.17, 15) is 10.1 Å². The molecule has 0 unspecified atom stereocenters. The van der Waals surface area contributed by atoms with Crippen molar-refractivity contribution >= 4 is 17.4 Å². The molecular weight excluding hydrogens is 410 g/mol. The summed E-state index contributed by atoms with van der Waals surface area (Å²) in [6.45, 7) is 2.62. The number of nitrogens with zero attached hydrogens (tertiary/aromatic N) is 8. The van der Waals surface area contributed by atoms with Gasteiger partial charge in [-0.3, -0.25) is 0 Å². The number of halogens is 1. The number of H-pyrrole nitrogens is 1. The molecule has 0 saturated carbocycles. The molecule has 0 aliphatic rings. The van der Waals surface area contributed by atoms with Gasteiger partial charge in [0.1, 0.15) is 11.5 Å². The molecule has 154 valence electrons. The number of benzene rings is 1. The highest BCUT2D eigenvalue weighted by atomic mass is 35.5. The molecule has 0 saturated heterocycles. The fourth-order valence-corrected chi connectivity index (χ4v) is 3.39. The maximum atomic E-state index is 11.5. The number of aromatic nitrogens is 8. The molecule has 4 aromatic rings. The second-order valence-electron chi connectivity index (χ2n) is 6.64. The molecule has 0 bridgehead atoms. The first-order valence-electron chi connectivity index (χ1n) is 9.35. The van der Waals surface area contributed by atoms with E-state index in [1.165, 1.54) is 10.6 Å². The number of tetrazole rings is 1. The molecule has 4 rings (SSSR count). The summed E-state index contributed by atoms with van der Waals surface area (Å²) in [6.07, 6.45) is 2.86. The van der Waals surface area contributed by atoms with Crippen LogP contribution in [0.15, 0.2) is 36.4 Å². The number of hydrogen-bond acceptors (Lipinski definition) is 7. The minimum atomic E-state index is -0.446. The van der Waals surface area contributed by atoms with Gasteiger partial charge in [0.25, 0.3) is 0 Å². The van der Waals surface area contributed by atoms with Gasteiger partial charge in [-0.05, 0) is 57.1 Å². The number of rotatable bonds is 8. The number of unbranched alkanes of at least 4 members (excludes halogenated alkanes) is 1. The zero-order valence-electron chi connectivity index (χ0n) is 16.1. The van der Waals surface area contributed by atoms with Crippen molar-refractivity contribution in [3.8, 4) is 17.2 Å². The molecule has 0 radical (unpaired) electrons. The van der Waals surface area contributed by atoms with Gasteiger partial charge >= 0.3 is 5.82 Å². The monoisotopic (exact) mass is 427 g/mol. The van der Waals surface area contributed by atoms with Crippen LogP contribution in [-0.2, 0) is 13.0 Å². The van der Waals surface area contributed by atoms with Gasteiger partial charge in [-0.25, -0.2) is 14.8 Å². The smallest absolute Gasteiger partial charge is 0.328 e. The molecule has 0 atom stereocenters. The van der Waals surface area contributed by atoms with Crippen LogP contribution in [0.4, 0.5) is 5.82 Å². The molecule has 0 fully saturated rings. The van der Waals surface area contributed by atoms with Crippen molar-refractivity contribution in [3.63, 3.8) is 0 Å². The van der Waals surface area contributed by atoms with E-state index in [2.05, 4.69) is 37.6 Å². The molecule has 0 aliphatic carbocycles. The van der Waals surface area contributed by atoms with Crippen molar-refractivity contribution in [2.45, 2.75) is 32.7 Å². The first kappa shape index (κ1) is 19.7. The number of nitrogens with one attached hydrogen (secondary N) is 1. The van der Waals surface area contributed by atoms with E-state index in [1.54, 1.807) is 22.9 Å². The molecule has 12 heteroatoms. The highest BCUT2D eigenvalue weighted by molar-refractivity contribution is 6.28. The first-order chi connectivity index (χ1) is 14.6. The zero-order chi connectivity index (χ0) is 21.1. The minimum absolute atomic E-state index is 0.0842. The molecule has 3 heterocycles. The summed E-state index contributed by atoms with van der Waals surface area (Å²) in [5.41, 5.74) is 2.07. The largest absolute Gasteiger partial charge is 0.358 e. The van der Waals surface area contributed by atoms with Gasteiger partial charge in [0, 0.05) is 12.5 Å². The van der Waals surface area contributed by atoms with Crippen LogP contribution in [0.2, 0.25) is 5.28 Å². The number of nitro groups is 1. The molecule has 0 aliphatic heterocycles. The first-order valence-corrected chi connectivity index (χ1v) is 9.73. The Morgan fingerprint density at radius 2 is 2.00 bits per heavy atom. The van der Waals surface area contributed by atoms with Crippen LogP contribution in [0.1, 0.15) is 31.2 Å². The fraction of sp³-hybridized carbons (Fsp3) is 0.278. The van der Waals surface area contributed by atoms with Gasteiger partial charge in [0.15, 0.2) is 5.69 Å². The van der Waals surface area contributed by atoms with Gasteiger partial charge < -0.3 is 10.1 Å². The molecule has 0 spiro atoms. The van der Waals surface area contributed by atoms with Gasteiger partial charge in [-0.1, -0.05) is 25.5 Å². The maximum absolute atomic E-state index is 11.5. The van der Waals surface area contributed by atoms with Crippen LogP contribution in [0, 0.1) is 10.1 Å². The summed E-state index contributed by atoms with van der Waals surface area (Å²) >= 11 is 5.99. The predicted molar refractivity (Wildman–Crippen MR) is 108 cm³/mol.